The van der Waals surface area contributed by atoms with Gasteiger partial charge in [-0.1, -0.05) is 0 Å². The highest BCUT2D eigenvalue weighted by Gasteiger charge is 2.22. The van der Waals surface area contributed by atoms with Gasteiger partial charge in [0.2, 0.25) is 5.95 Å². The minimum absolute atomic E-state index is 0.0529. The molecule has 3 N–H and O–H groups in total. The molecule has 0 spiro atoms. The number of nitrogen functional groups attached to an aromatic ring is 1. The van der Waals surface area contributed by atoms with Crippen LogP contribution in [0.2, 0.25) is 0 Å². The highest BCUT2D eigenvalue weighted by molar-refractivity contribution is 5.94. The number of amides is 1. The molecule has 0 saturated heterocycles. The van der Waals surface area contributed by atoms with Crippen molar-refractivity contribution < 1.29 is 4.79 Å². The van der Waals surface area contributed by atoms with Crippen molar-refractivity contribution in [3.05, 3.63) is 35.4 Å². The number of carbonyl (C=O) groups is 1. The molecule has 1 unspecified atom stereocenters. The Morgan fingerprint density at radius 2 is 2.23 bits per heavy atom. The SMILES string of the molecule is CC(Cn1cccn1)NC(=O)c1nc(N)nc2c1CCCC2. The molecule has 7 nitrogen and oxygen atoms in total. The lowest BCUT2D eigenvalue weighted by Gasteiger charge is -2.19. The Morgan fingerprint density at radius 3 is 3.00 bits per heavy atom. The molecule has 0 bridgehead atoms. The number of carbonyl (C=O) groups excluding carboxylic acids is 1. The van der Waals surface area contributed by atoms with Crippen LogP contribution in [0.4, 0.5) is 5.95 Å². The second-order valence-corrected chi connectivity index (χ2v) is 5.67. The first-order chi connectivity index (χ1) is 10.6. The van der Waals surface area contributed by atoms with E-state index in [1.807, 2.05) is 19.2 Å². The molecule has 2 aromatic heterocycles. The fourth-order valence-corrected chi connectivity index (χ4v) is 2.83. The van der Waals surface area contributed by atoms with Gasteiger partial charge in [-0.3, -0.25) is 9.48 Å². The van der Waals surface area contributed by atoms with Gasteiger partial charge in [-0.15, -0.1) is 0 Å². The van der Waals surface area contributed by atoms with Crippen LogP contribution < -0.4 is 11.1 Å². The maximum atomic E-state index is 12.5. The average Bonchev–Trinajstić information content (AvgIpc) is 2.98. The van der Waals surface area contributed by atoms with Crippen LogP contribution in [-0.2, 0) is 19.4 Å². The Morgan fingerprint density at radius 1 is 1.41 bits per heavy atom. The molecular formula is C15H20N6O. The van der Waals surface area contributed by atoms with Gasteiger partial charge >= 0.3 is 0 Å². The lowest BCUT2D eigenvalue weighted by Crippen LogP contribution is -2.37. The molecule has 0 radical (unpaired) electrons. The van der Waals surface area contributed by atoms with E-state index in [2.05, 4.69) is 20.4 Å². The smallest absolute Gasteiger partial charge is 0.270 e. The maximum Gasteiger partial charge on any atom is 0.270 e. The average molecular weight is 300 g/mol. The summed E-state index contributed by atoms with van der Waals surface area (Å²) >= 11 is 0. The van der Waals surface area contributed by atoms with Gasteiger partial charge in [0.05, 0.1) is 6.54 Å². The van der Waals surface area contributed by atoms with Crippen LogP contribution in [0.1, 0.15) is 41.5 Å². The summed E-state index contributed by atoms with van der Waals surface area (Å²) in [5, 5.41) is 7.11. The summed E-state index contributed by atoms with van der Waals surface area (Å²) < 4.78 is 1.79. The number of rotatable bonds is 4. The molecule has 1 amide bonds. The van der Waals surface area contributed by atoms with Crippen LogP contribution in [0.3, 0.4) is 0 Å². The summed E-state index contributed by atoms with van der Waals surface area (Å²) in [5.74, 6) is -0.0163. The molecule has 0 aliphatic heterocycles. The van der Waals surface area contributed by atoms with E-state index >= 15 is 0 Å². The third-order valence-corrected chi connectivity index (χ3v) is 3.81. The summed E-state index contributed by atoms with van der Waals surface area (Å²) in [6, 6.07) is 1.80. The fourth-order valence-electron chi connectivity index (χ4n) is 2.83. The van der Waals surface area contributed by atoms with E-state index in [-0.39, 0.29) is 17.9 Å². The van der Waals surface area contributed by atoms with Crippen LogP contribution in [0, 0.1) is 0 Å². The number of nitrogens with zero attached hydrogens (tertiary/aromatic N) is 4. The van der Waals surface area contributed by atoms with Crippen LogP contribution in [-0.4, -0.2) is 31.7 Å². The van der Waals surface area contributed by atoms with Crippen LogP contribution in [0.5, 0.6) is 0 Å². The van der Waals surface area contributed by atoms with Crippen molar-refractivity contribution in [3.8, 4) is 0 Å². The molecule has 7 heteroatoms. The third-order valence-electron chi connectivity index (χ3n) is 3.81. The third kappa shape index (κ3) is 3.08. The Balaban J connectivity index is 1.76. The zero-order valence-corrected chi connectivity index (χ0v) is 12.6. The number of aryl methyl sites for hydroxylation is 1. The number of hydrogen-bond donors (Lipinski definition) is 2. The monoisotopic (exact) mass is 300 g/mol. The lowest BCUT2D eigenvalue weighted by molar-refractivity contribution is 0.0929. The van der Waals surface area contributed by atoms with Crippen LogP contribution in [0.15, 0.2) is 18.5 Å². The first-order valence-electron chi connectivity index (χ1n) is 7.57. The van der Waals surface area contributed by atoms with Gasteiger partial charge < -0.3 is 11.1 Å². The first kappa shape index (κ1) is 14.5. The summed E-state index contributed by atoms with van der Waals surface area (Å²) in [7, 11) is 0. The van der Waals surface area contributed by atoms with Gasteiger partial charge in [0.15, 0.2) is 0 Å². The van der Waals surface area contributed by atoms with Crippen molar-refractivity contribution in [3.63, 3.8) is 0 Å². The second kappa shape index (κ2) is 6.13. The molecule has 0 aromatic carbocycles. The molecule has 2 aromatic rings. The van der Waals surface area contributed by atoms with Gasteiger partial charge in [0.1, 0.15) is 5.69 Å². The number of nitrogens with two attached hydrogens (primary N) is 1. The predicted molar refractivity (Wildman–Crippen MR) is 82.2 cm³/mol. The van der Waals surface area contributed by atoms with Crippen molar-refractivity contribution in [1.29, 1.82) is 0 Å². The van der Waals surface area contributed by atoms with E-state index in [1.165, 1.54) is 0 Å². The number of hydrogen-bond acceptors (Lipinski definition) is 5. The van der Waals surface area contributed by atoms with Gasteiger partial charge in [-0.2, -0.15) is 5.10 Å². The highest BCUT2D eigenvalue weighted by atomic mass is 16.2. The molecule has 2 heterocycles. The zero-order chi connectivity index (χ0) is 15.5. The Labute approximate surface area is 129 Å². The van der Waals surface area contributed by atoms with E-state index in [0.29, 0.717) is 12.2 Å². The van der Waals surface area contributed by atoms with E-state index in [1.54, 1.807) is 10.9 Å². The van der Waals surface area contributed by atoms with Crippen molar-refractivity contribution in [2.75, 3.05) is 5.73 Å². The number of aromatic nitrogens is 4. The fraction of sp³-hybridized carbons (Fsp3) is 0.467. The van der Waals surface area contributed by atoms with E-state index < -0.39 is 0 Å². The molecule has 1 atom stereocenters. The minimum Gasteiger partial charge on any atom is -0.368 e. The van der Waals surface area contributed by atoms with E-state index in [4.69, 9.17) is 5.73 Å². The van der Waals surface area contributed by atoms with Crippen molar-refractivity contribution >= 4 is 11.9 Å². The summed E-state index contributed by atoms with van der Waals surface area (Å²) in [5.41, 5.74) is 8.04. The standard InChI is InChI=1S/C15H20N6O/c1-10(9-21-8-4-7-17-21)18-14(22)13-11-5-2-3-6-12(11)19-15(16)20-13/h4,7-8,10H,2-3,5-6,9H2,1H3,(H,18,22)(H2,16,19,20). The molecular weight excluding hydrogens is 280 g/mol. The Bertz CT molecular complexity index is 667. The summed E-state index contributed by atoms with van der Waals surface area (Å²) in [6.45, 7) is 2.55. The molecule has 116 valence electrons. The molecule has 3 rings (SSSR count). The first-order valence-corrected chi connectivity index (χ1v) is 7.57. The second-order valence-electron chi connectivity index (χ2n) is 5.67. The summed E-state index contributed by atoms with van der Waals surface area (Å²) in [4.78, 5) is 21.0. The molecule has 0 fully saturated rings. The molecule has 22 heavy (non-hydrogen) atoms. The summed E-state index contributed by atoms with van der Waals surface area (Å²) in [6.07, 6.45) is 7.43. The number of nitrogens with one attached hydrogen (secondary N) is 1. The highest BCUT2D eigenvalue weighted by Crippen LogP contribution is 2.22. The van der Waals surface area contributed by atoms with E-state index in [9.17, 15) is 4.79 Å². The maximum absolute atomic E-state index is 12.5. The van der Waals surface area contributed by atoms with Crippen molar-refractivity contribution in [2.24, 2.45) is 0 Å². The van der Waals surface area contributed by atoms with Gasteiger partial charge in [-0.25, -0.2) is 9.97 Å². The quantitative estimate of drug-likeness (QED) is 0.876. The van der Waals surface area contributed by atoms with Gasteiger partial charge in [0.25, 0.3) is 5.91 Å². The van der Waals surface area contributed by atoms with Gasteiger partial charge in [-0.05, 0) is 38.7 Å². The molecule has 1 aliphatic rings. The topological polar surface area (TPSA) is 98.7 Å². The predicted octanol–water partition coefficient (Wildman–Crippen LogP) is 0.953. The molecule has 0 saturated carbocycles. The van der Waals surface area contributed by atoms with Crippen LogP contribution >= 0.6 is 0 Å². The van der Waals surface area contributed by atoms with Gasteiger partial charge in [0, 0.05) is 29.7 Å². The number of fused-ring (bicyclic) bond motifs is 1. The normalized spacial score (nSPS) is 15.1. The lowest BCUT2D eigenvalue weighted by atomic mass is 9.94. The van der Waals surface area contributed by atoms with E-state index in [0.717, 1.165) is 36.9 Å². The number of anilines is 1. The van der Waals surface area contributed by atoms with Crippen molar-refractivity contribution in [1.82, 2.24) is 25.1 Å². The Hall–Kier alpha value is -2.44. The zero-order valence-electron chi connectivity index (χ0n) is 12.6. The minimum atomic E-state index is -0.188. The Kier molecular flexibility index (Phi) is 4.04. The van der Waals surface area contributed by atoms with Crippen LogP contribution in [0.25, 0.3) is 0 Å². The molecule has 1 aliphatic carbocycles. The largest absolute Gasteiger partial charge is 0.368 e. The van der Waals surface area contributed by atoms with Crippen molar-refractivity contribution in [2.45, 2.75) is 45.2 Å².